The summed E-state index contributed by atoms with van der Waals surface area (Å²) in [5, 5.41) is 11.9. The molecule has 0 unspecified atom stereocenters. The van der Waals surface area contributed by atoms with Gasteiger partial charge in [-0.1, -0.05) is 26.0 Å². The number of hydrogen-bond donors (Lipinski definition) is 2. The second-order valence-corrected chi connectivity index (χ2v) is 7.18. The van der Waals surface area contributed by atoms with Gasteiger partial charge in [-0.05, 0) is 32.8 Å². The number of hydrogen-bond acceptors (Lipinski definition) is 4. The van der Waals surface area contributed by atoms with Gasteiger partial charge >= 0.3 is 5.97 Å². The van der Waals surface area contributed by atoms with E-state index >= 15 is 0 Å². The molecule has 138 valence electrons. The largest absolute Gasteiger partial charge is 0.483 e. The van der Waals surface area contributed by atoms with Crippen molar-refractivity contribution in [3.8, 4) is 11.5 Å². The summed E-state index contributed by atoms with van der Waals surface area (Å²) in [6, 6.07) is 5.64. The first kappa shape index (κ1) is 19.1. The lowest BCUT2D eigenvalue weighted by Gasteiger charge is -2.31. The number of aliphatic carboxylic acids is 1. The summed E-state index contributed by atoms with van der Waals surface area (Å²) >= 11 is 0. The summed E-state index contributed by atoms with van der Waals surface area (Å²) in [5.41, 5.74) is 0.0272. The van der Waals surface area contributed by atoms with Gasteiger partial charge < -0.3 is 19.9 Å². The van der Waals surface area contributed by atoms with Crippen LogP contribution in [-0.2, 0) is 16.0 Å². The van der Waals surface area contributed by atoms with Crippen LogP contribution in [0.1, 0.15) is 52.5 Å². The minimum Gasteiger partial charge on any atom is -0.483 e. The maximum atomic E-state index is 12.3. The molecule has 0 fully saturated rings. The van der Waals surface area contributed by atoms with Crippen LogP contribution in [0.5, 0.6) is 11.5 Å². The standard InChI is InChI=1S/C19H27NO5/c1-5-19(6-2,11-16(22)23)20-15(21)12-24-14-9-7-8-13-10-18(3,4)25-17(13)14/h7-9H,5-6,10-12H2,1-4H3,(H,20,21)(H,22,23). The molecule has 0 saturated heterocycles. The average molecular weight is 349 g/mol. The molecule has 1 heterocycles. The van der Waals surface area contributed by atoms with E-state index in [1.807, 2.05) is 39.8 Å². The van der Waals surface area contributed by atoms with E-state index in [0.717, 1.165) is 12.0 Å². The molecule has 6 nitrogen and oxygen atoms in total. The summed E-state index contributed by atoms with van der Waals surface area (Å²) in [5.74, 6) is -0.0422. The molecule has 0 atom stereocenters. The Bertz CT molecular complexity index is 649. The number of rotatable bonds is 8. The van der Waals surface area contributed by atoms with Crippen LogP contribution in [0.25, 0.3) is 0 Å². The zero-order valence-electron chi connectivity index (χ0n) is 15.3. The third-order valence-electron chi connectivity index (χ3n) is 4.66. The number of ether oxygens (including phenoxy) is 2. The van der Waals surface area contributed by atoms with E-state index in [0.29, 0.717) is 24.3 Å². The van der Waals surface area contributed by atoms with Crippen molar-refractivity contribution in [1.82, 2.24) is 5.32 Å². The molecule has 2 rings (SSSR count). The van der Waals surface area contributed by atoms with Crippen molar-refractivity contribution in [2.24, 2.45) is 0 Å². The number of amides is 1. The van der Waals surface area contributed by atoms with Crippen molar-refractivity contribution < 1.29 is 24.2 Å². The summed E-state index contributed by atoms with van der Waals surface area (Å²) in [6.07, 6.45) is 1.77. The summed E-state index contributed by atoms with van der Waals surface area (Å²) in [7, 11) is 0. The Balaban J connectivity index is 2.02. The number of carboxylic acids is 1. The minimum atomic E-state index is -0.929. The Morgan fingerprint density at radius 2 is 2.00 bits per heavy atom. The second kappa shape index (κ2) is 7.33. The molecular weight excluding hydrogens is 322 g/mol. The third kappa shape index (κ3) is 4.65. The maximum absolute atomic E-state index is 12.3. The fourth-order valence-electron chi connectivity index (χ4n) is 3.19. The lowest BCUT2D eigenvalue weighted by atomic mass is 9.89. The number of carbonyl (C=O) groups excluding carboxylic acids is 1. The van der Waals surface area contributed by atoms with E-state index in [1.165, 1.54) is 0 Å². The molecule has 0 spiro atoms. The van der Waals surface area contributed by atoms with Crippen molar-refractivity contribution in [2.75, 3.05) is 6.61 Å². The van der Waals surface area contributed by atoms with E-state index in [2.05, 4.69) is 5.32 Å². The first-order chi connectivity index (χ1) is 11.7. The van der Waals surface area contributed by atoms with Gasteiger partial charge in [-0.15, -0.1) is 0 Å². The van der Waals surface area contributed by atoms with Gasteiger partial charge in [0, 0.05) is 12.0 Å². The van der Waals surface area contributed by atoms with Crippen LogP contribution in [0.4, 0.5) is 0 Å². The fourth-order valence-corrected chi connectivity index (χ4v) is 3.19. The molecule has 2 N–H and O–H groups in total. The topological polar surface area (TPSA) is 84.9 Å². The van der Waals surface area contributed by atoms with Crippen LogP contribution in [0, 0.1) is 0 Å². The van der Waals surface area contributed by atoms with Crippen LogP contribution in [-0.4, -0.2) is 34.7 Å². The molecule has 0 aromatic heterocycles. The SMILES string of the molecule is CCC(CC)(CC(=O)O)NC(=O)COc1cccc2c1OC(C)(C)C2. The molecule has 0 radical (unpaired) electrons. The lowest BCUT2D eigenvalue weighted by molar-refractivity contribution is -0.139. The smallest absolute Gasteiger partial charge is 0.305 e. The molecule has 6 heteroatoms. The third-order valence-corrected chi connectivity index (χ3v) is 4.66. The first-order valence-corrected chi connectivity index (χ1v) is 8.67. The van der Waals surface area contributed by atoms with Crippen molar-refractivity contribution in [2.45, 2.75) is 64.5 Å². The molecule has 0 aliphatic carbocycles. The Hall–Kier alpha value is -2.24. The minimum absolute atomic E-state index is 0.107. The number of carbonyl (C=O) groups is 2. The Morgan fingerprint density at radius 3 is 2.60 bits per heavy atom. The zero-order chi connectivity index (χ0) is 18.7. The van der Waals surface area contributed by atoms with Gasteiger partial charge in [0.25, 0.3) is 5.91 Å². The molecule has 0 saturated carbocycles. The highest BCUT2D eigenvalue weighted by atomic mass is 16.5. The molecule has 1 aliphatic rings. The lowest BCUT2D eigenvalue weighted by Crippen LogP contribution is -2.50. The van der Waals surface area contributed by atoms with Gasteiger partial charge in [-0.2, -0.15) is 0 Å². The number of nitrogens with one attached hydrogen (secondary N) is 1. The molecule has 1 aromatic carbocycles. The highest BCUT2D eigenvalue weighted by Crippen LogP contribution is 2.41. The summed E-state index contributed by atoms with van der Waals surface area (Å²) < 4.78 is 11.6. The quantitative estimate of drug-likeness (QED) is 0.754. The predicted octanol–water partition coefficient (Wildman–Crippen LogP) is 2.93. The van der Waals surface area contributed by atoms with Gasteiger partial charge in [0.05, 0.1) is 12.0 Å². The van der Waals surface area contributed by atoms with Crippen LogP contribution in [0.2, 0.25) is 0 Å². The monoisotopic (exact) mass is 349 g/mol. The Kier molecular flexibility index (Phi) is 5.60. The second-order valence-electron chi connectivity index (χ2n) is 7.18. The highest BCUT2D eigenvalue weighted by Gasteiger charge is 2.33. The van der Waals surface area contributed by atoms with E-state index in [4.69, 9.17) is 14.6 Å². The van der Waals surface area contributed by atoms with Crippen LogP contribution < -0.4 is 14.8 Å². The Labute approximate surface area is 148 Å². The molecule has 0 bridgehead atoms. The Morgan fingerprint density at radius 1 is 1.32 bits per heavy atom. The van der Waals surface area contributed by atoms with E-state index < -0.39 is 11.5 Å². The van der Waals surface area contributed by atoms with E-state index in [-0.39, 0.29) is 24.5 Å². The molecule has 1 aliphatic heterocycles. The average Bonchev–Trinajstić information content (AvgIpc) is 2.86. The maximum Gasteiger partial charge on any atom is 0.305 e. The highest BCUT2D eigenvalue weighted by molar-refractivity contribution is 5.79. The van der Waals surface area contributed by atoms with Gasteiger partial charge in [-0.3, -0.25) is 9.59 Å². The van der Waals surface area contributed by atoms with Gasteiger partial charge in [0.2, 0.25) is 0 Å². The van der Waals surface area contributed by atoms with E-state index in [9.17, 15) is 9.59 Å². The van der Waals surface area contributed by atoms with E-state index in [1.54, 1.807) is 6.07 Å². The van der Waals surface area contributed by atoms with Crippen molar-refractivity contribution in [3.05, 3.63) is 23.8 Å². The van der Waals surface area contributed by atoms with Gasteiger partial charge in [-0.25, -0.2) is 0 Å². The van der Waals surface area contributed by atoms with Crippen LogP contribution in [0.15, 0.2) is 18.2 Å². The molecule has 1 amide bonds. The van der Waals surface area contributed by atoms with Crippen LogP contribution >= 0.6 is 0 Å². The summed E-state index contributed by atoms with van der Waals surface area (Å²) in [4.78, 5) is 23.4. The molecule has 1 aromatic rings. The zero-order valence-corrected chi connectivity index (χ0v) is 15.3. The number of para-hydroxylation sites is 1. The number of benzene rings is 1. The number of carboxylic acid groups (broad SMARTS) is 1. The number of fused-ring (bicyclic) bond motifs is 1. The van der Waals surface area contributed by atoms with Crippen molar-refractivity contribution in [1.29, 1.82) is 0 Å². The van der Waals surface area contributed by atoms with Crippen molar-refractivity contribution >= 4 is 11.9 Å². The normalized spacial score (nSPS) is 15.2. The van der Waals surface area contributed by atoms with Crippen LogP contribution in [0.3, 0.4) is 0 Å². The fraction of sp³-hybridized carbons (Fsp3) is 0.579. The summed E-state index contributed by atoms with van der Waals surface area (Å²) in [6.45, 7) is 7.57. The van der Waals surface area contributed by atoms with Crippen molar-refractivity contribution in [3.63, 3.8) is 0 Å². The molecule has 25 heavy (non-hydrogen) atoms. The predicted molar refractivity (Wildman–Crippen MR) is 94.1 cm³/mol. The first-order valence-electron chi connectivity index (χ1n) is 8.67. The molecular formula is C19H27NO5. The van der Waals surface area contributed by atoms with Gasteiger partial charge in [0.1, 0.15) is 5.60 Å². The van der Waals surface area contributed by atoms with Gasteiger partial charge in [0.15, 0.2) is 18.1 Å².